The van der Waals surface area contributed by atoms with Gasteiger partial charge in [0, 0.05) is 4.88 Å². The third-order valence-corrected chi connectivity index (χ3v) is 5.31. The van der Waals surface area contributed by atoms with Gasteiger partial charge in [-0.05, 0) is 40.6 Å². The van der Waals surface area contributed by atoms with Gasteiger partial charge < -0.3 is 15.4 Å². The second-order valence-corrected chi connectivity index (χ2v) is 7.16. The summed E-state index contributed by atoms with van der Waals surface area (Å²) in [6.07, 6.45) is 0.628. The molecule has 0 unspecified atom stereocenters. The maximum Gasteiger partial charge on any atom is 0.340 e. The van der Waals surface area contributed by atoms with Gasteiger partial charge in [0.25, 0.3) is 0 Å². The van der Waals surface area contributed by atoms with Crippen molar-refractivity contribution in [2.45, 2.75) is 13.3 Å². The molecule has 0 atom stereocenters. The van der Waals surface area contributed by atoms with Gasteiger partial charge in [-0.25, -0.2) is 22.4 Å². The van der Waals surface area contributed by atoms with E-state index in [1.807, 2.05) is 6.92 Å². The highest BCUT2D eigenvalue weighted by atomic mass is 79.9. The van der Waals surface area contributed by atoms with Crippen molar-refractivity contribution in [1.29, 1.82) is 0 Å². The normalized spacial score (nSPS) is 10.6. The molecule has 0 saturated carbocycles. The average molecular weight is 471 g/mol. The summed E-state index contributed by atoms with van der Waals surface area (Å²) in [6.45, 7) is 1.87. The number of aryl methyl sites for hydroxylation is 1. The molecule has 0 amide bonds. The number of benzene rings is 1. The van der Waals surface area contributed by atoms with Crippen LogP contribution < -0.4 is 10.6 Å². The minimum absolute atomic E-state index is 0.174. The summed E-state index contributed by atoms with van der Waals surface area (Å²) in [7, 11) is 1.20. The molecular formula is C15H11BrF4N2O2S2. The fraction of sp³-hybridized carbons (Fsp3) is 0.200. The largest absolute Gasteiger partial charge is 0.465 e. The maximum absolute atomic E-state index is 13.9. The Morgan fingerprint density at radius 2 is 1.77 bits per heavy atom. The van der Waals surface area contributed by atoms with Crippen LogP contribution in [0.5, 0.6) is 0 Å². The molecule has 0 spiro atoms. The van der Waals surface area contributed by atoms with Gasteiger partial charge in [-0.1, -0.05) is 6.92 Å². The molecule has 0 saturated heterocycles. The molecule has 0 aliphatic carbocycles. The number of halogens is 5. The number of carbonyl (C=O) groups is 1. The number of thiocarbonyl (C=S) groups is 1. The lowest BCUT2D eigenvalue weighted by atomic mass is 10.2. The van der Waals surface area contributed by atoms with Crippen LogP contribution in [0.4, 0.5) is 28.3 Å². The van der Waals surface area contributed by atoms with E-state index in [0.29, 0.717) is 6.42 Å². The number of esters is 1. The van der Waals surface area contributed by atoms with Crippen molar-refractivity contribution in [3.8, 4) is 0 Å². The summed E-state index contributed by atoms with van der Waals surface area (Å²) in [5.41, 5.74) is -0.916. The van der Waals surface area contributed by atoms with E-state index in [9.17, 15) is 22.4 Å². The summed E-state index contributed by atoms with van der Waals surface area (Å²) in [4.78, 5) is 12.6. The minimum atomic E-state index is -1.64. The Hall–Kier alpha value is -1.72. The highest BCUT2D eigenvalue weighted by Crippen LogP contribution is 2.32. The second-order valence-electron chi connectivity index (χ2n) is 4.82. The van der Waals surface area contributed by atoms with Crippen LogP contribution in [-0.4, -0.2) is 18.2 Å². The standard InChI is InChI=1S/C15H11BrF4N2O2S2/c1-3-5-4-6(14(23)24-2)13(26-5)22-15(25)21-12-10(19)8(17)7(16)9(18)11(12)20/h4H,3H2,1-2H3,(H2,21,22,25). The lowest BCUT2D eigenvalue weighted by molar-refractivity contribution is 0.0602. The number of ether oxygens (including phenoxy) is 1. The molecule has 4 nitrogen and oxygen atoms in total. The van der Waals surface area contributed by atoms with Gasteiger partial charge in [-0.3, -0.25) is 0 Å². The number of methoxy groups -OCH3 is 1. The molecule has 2 N–H and O–H groups in total. The number of anilines is 2. The van der Waals surface area contributed by atoms with Crippen molar-refractivity contribution in [3.63, 3.8) is 0 Å². The van der Waals surface area contributed by atoms with Crippen LogP contribution in [0.25, 0.3) is 0 Å². The molecule has 2 rings (SSSR count). The molecule has 0 aliphatic heterocycles. The lowest BCUT2D eigenvalue weighted by Gasteiger charge is -2.13. The fourth-order valence-corrected chi connectivity index (χ4v) is 3.54. The molecule has 2 aromatic rings. The van der Waals surface area contributed by atoms with Crippen LogP contribution in [0.15, 0.2) is 10.5 Å². The van der Waals surface area contributed by atoms with E-state index in [2.05, 4.69) is 31.3 Å². The van der Waals surface area contributed by atoms with Gasteiger partial charge in [0.2, 0.25) is 0 Å². The molecular weight excluding hydrogens is 460 g/mol. The third kappa shape index (κ3) is 3.99. The van der Waals surface area contributed by atoms with Gasteiger partial charge in [0.15, 0.2) is 28.4 Å². The quantitative estimate of drug-likeness (QED) is 0.211. The molecule has 1 heterocycles. The Balaban J connectivity index is 2.31. The molecule has 0 bridgehead atoms. The summed E-state index contributed by atoms with van der Waals surface area (Å²) >= 11 is 8.53. The van der Waals surface area contributed by atoms with E-state index in [0.717, 1.165) is 4.88 Å². The minimum Gasteiger partial charge on any atom is -0.465 e. The summed E-state index contributed by atoms with van der Waals surface area (Å²) in [6, 6.07) is 1.58. The Kier molecular flexibility index (Phi) is 6.58. The molecule has 0 radical (unpaired) electrons. The van der Waals surface area contributed by atoms with Crippen molar-refractivity contribution in [2.75, 3.05) is 17.7 Å². The zero-order chi connectivity index (χ0) is 19.6. The number of carbonyl (C=O) groups excluding carboxylic acids is 1. The number of rotatable bonds is 4. The van der Waals surface area contributed by atoms with Gasteiger partial charge >= 0.3 is 5.97 Å². The van der Waals surface area contributed by atoms with Crippen molar-refractivity contribution in [2.24, 2.45) is 0 Å². The van der Waals surface area contributed by atoms with Crippen LogP contribution in [0, 0.1) is 23.3 Å². The molecule has 140 valence electrons. The van der Waals surface area contributed by atoms with Gasteiger partial charge in [-0.2, -0.15) is 0 Å². The maximum atomic E-state index is 13.9. The molecule has 11 heteroatoms. The molecule has 1 aromatic heterocycles. The summed E-state index contributed by atoms with van der Waals surface area (Å²) in [5.74, 6) is -7.13. The van der Waals surface area contributed by atoms with Crippen molar-refractivity contribution < 1.29 is 27.1 Å². The molecule has 26 heavy (non-hydrogen) atoms. The van der Waals surface area contributed by atoms with Crippen molar-refractivity contribution in [1.82, 2.24) is 0 Å². The predicted molar refractivity (Wildman–Crippen MR) is 98.9 cm³/mol. The predicted octanol–water partition coefficient (Wildman–Crippen LogP) is 5.22. The molecule has 1 aromatic carbocycles. The van der Waals surface area contributed by atoms with E-state index in [1.165, 1.54) is 18.4 Å². The van der Waals surface area contributed by atoms with Gasteiger partial charge in [0.1, 0.15) is 10.7 Å². The van der Waals surface area contributed by atoms with E-state index in [1.54, 1.807) is 6.07 Å². The summed E-state index contributed by atoms with van der Waals surface area (Å²) < 4.78 is 58.6. The van der Waals surface area contributed by atoms with E-state index in [4.69, 9.17) is 12.2 Å². The zero-order valence-corrected chi connectivity index (χ0v) is 16.5. The van der Waals surface area contributed by atoms with Crippen LogP contribution >= 0.6 is 39.5 Å². The van der Waals surface area contributed by atoms with E-state index >= 15 is 0 Å². The second kappa shape index (κ2) is 8.31. The smallest absolute Gasteiger partial charge is 0.340 e. The monoisotopic (exact) mass is 470 g/mol. The Morgan fingerprint density at radius 1 is 1.19 bits per heavy atom. The number of nitrogens with one attached hydrogen (secondary N) is 2. The first kappa shape index (κ1) is 20.6. The van der Waals surface area contributed by atoms with Crippen molar-refractivity contribution >= 4 is 61.3 Å². The van der Waals surface area contributed by atoms with Crippen LogP contribution in [0.2, 0.25) is 0 Å². The Labute approximate surface area is 163 Å². The first-order valence-electron chi connectivity index (χ1n) is 7.01. The van der Waals surface area contributed by atoms with Crippen LogP contribution in [0.1, 0.15) is 22.2 Å². The first-order valence-corrected chi connectivity index (χ1v) is 9.03. The van der Waals surface area contributed by atoms with Gasteiger partial charge in [0.05, 0.1) is 17.1 Å². The first-order chi connectivity index (χ1) is 12.2. The summed E-state index contributed by atoms with van der Waals surface area (Å²) in [5, 5.41) is 4.56. The van der Waals surface area contributed by atoms with Crippen LogP contribution in [-0.2, 0) is 11.2 Å². The Morgan fingerprint density at radius 3 is 2.27 bits per heavy atom. The van der Waals surface area contributed by atoms with E-state index < -0.39 is 39.4 Å². The fourth-order valence-electron chi connectivity index (χ4n) is 1.93. The number of hydrogen-bond acceptors (Lipinski definition) is 4. The number of hydrogen-bond donors (Lipinski definition) is 2. The topological polar surface area (TPSA) is 50.4 Å². The highest BCUT2D eigenvalue weighted by Gasteiger charge is 2.25. The average Bonchev–Trinajstić information content (AvgIpc) is 3.04. The SMILES string of the molecule is CCc1cc(C(=O)OC)c(NC(=S)Nc2c(F)c(F)c(Br)c(F)c2F)s1. The third-order valence-electron chi connectivity index (χ3n) is 3.21. The van der Waals surface area contributed by atoms with Crippen molar-refractivity contribution in [3.05, 3.63) is 44.2 Å². The molecule has 0 fully saturated rings. The van der Waals surface area contributed by atoms with E-state index in [-0.39, 0.29) is 15.7 Å². The molecule has 0 aliphatic rings. The lowest BCUT2D eigenvalue weighted by Crippen LogP contribution is -2.22. The number of thiophene rings is 1. The highest BCUT2D eigenvalue weighted by molar-refractivity contribution is 9.10. The van der Waals surface area contributed by atoms with Crippen LogP contribution in [0.3, 0.4) is 0 Å². The zero-order valence-electron chi connectivity index (χ0n) is 13.3. The Bertz CT molecular complexity index is 860. The van der Waals surface area contributed by atoms with Gasteiger partial charge in [-0.15, -0.1) is 11.3 Å².